The number of hydrogen-bond acceptors (Lipinski definition) is 5. The lowest BCUT2D eigenvalue weighted by molar-refractivity contribution is -0.134. The molecule has 0 spiro atoms. The van der Waals surface area contributed by atoms with Gasteiger partial charge in [0.2, 0.25) is 0 Å². The number of carboxylic acids is 1. The van der Waals surface area contributed by atoms with Crippen LogP contribution >= 0.6 is 0 Å². The lowest BCUT2D eigenvalue weighted by Crippen LogP contribution is -2.20. The molecule has 0 unspecified atom stereocenters. The van der Waals surface area contributed by atoms with Crippen molar-refractivity contribution in [3.05, 3.63) is 42.0 Å². The van der Waals surface area contributed by atoms with Crippen molar-refractivity contribution >= 4 is 27.7 Å². The molecule has 2 N–H and O–H groups in total. The van der Waals surface area contributed by atoms with Crippen LogP contribution in [0.2, 0.25) is 0 Å². The fourth-order valence-corrected chi connectivity index (χ4v) is 2.44. The number of carbonyl (C=O) groups is 3. The van der Waals surface area contributed by atoms with Crippen LogP contribution in [0, 0.1) is 0 Å². The smallest absolute Gasteiger partial charge is 0.338 e. The average molecular weight is 297 g/mol. The van der Waals surface area contributed by atoms with Gasteiger partial charge in [-0.05, 0) is 19.1 Å². The average Bonchev–Trinajstić information content (AvgIpc) is 2.60. The van der Waals surface area contributed by atoms with E-state index in [1.54, 1.807) is 12.1 Å². The van der Waals surface area contributed by atoms with Crippen LogP contribution in [0.5, 0.6) is 0 Å². The largest absolute Gasteiger partial charge is 0.478 e. The minimum Gasteiger partial charge on any atom is -0.478 e. The van der Waals surface area contributed by atoms with E-state index >= 15 is 0 Å². The van der Waals surface area contributed by atoms with Gasteiger partial charge in [0, 0.05) is 0 Å². The van der Waals surface area contributed by atoms with E-state index < -0.39 is 27.7 Å². The Bertz CT molecular complexity index is 688. The Kier molecular flexibility index (Phi) is 4.41. The third-order valence-corrected chi connectivity index (χ3v) is 3.72. The Balaban J connectivity index is 0.000000221. The molecule has 0 bridgehead atoms. The first-order valence-electron chi connectivity index (χ1n) is 5.26. The van der Waals surface area contributed by atoms with Crippen LogP contribution in [0.4, 0.5) is 0 Å². The van der Waals surface area contributed by atoms with E-state index in [1.807, 2.05) is 4.72 Å². The first kappa shape index (κ1) is 15.6. The van der Waals surface area contributed by atoms with E-state index in [0.29, 0.717) is 0 Å². The van der Waals surface area contributed by atoms with Crippen molar-refractivity contribution in [3.8, 4) is 0 Å². The predicted octanol–water partition coefficient (Wildman–Crippen LogP) is 0.335. The zero-order chi connectivity index (χ0) is 15.5. The molecule has 2 rings (SSSR count). The van der Waals surface area contributed by atoms with Gasteiger partial charge < -0.3 is 5.11 Å². The predicted molar refractivity (Wildman–Crippen MR) is 68.6 cm³/mol. The van der Waals surface area contributed by atoms with E-state index in [0.717, 1.165) is 6.92 Å². The van der Waals surface area contributed by atoms with Crippen LogP contribution in [0.1, 0.15) is 17.3 Å². The van der Waals surface area contributed by atoms with Crippen LogP contribution in [0.15, 0.2) is 41.3 Å². The molecule has 0 aromatic heterocycles. The van der Waals surface area contributed by atoms with Gasteiger partial charge in [-0.1, -0.05) is 18.7 Å². The van der Waals surface area contributed by atoms with Crippen LogP contribution in [0.3, 0.4) is 0 Å². The highest BCUT2D eigenvalue weighted by atomic mass is 32.2. The summed E-state index contributed by atoms with van der Waals surface area (Å²) in [5.41, 5.74) is -0.150. The number of carbonyl (C=O) groups excluding carboxylic acids is 2. The van der Waals surface area contributed by atoms with Gasteiger partial charge in [-0.2, -0.15) is 0 Å². The van der Waals surface area contributed by atoms with Crippen LogP contribution in [-0.2, 0) is 19.6 Å². The lowest BCUT2D eigenvalue weighted by Gasteiger charge is -1.91. The Morgan fingerprint density at radius 1 is 1.25 bits per heavy atom. The third-order valence-electron chi connectivity index (χ3n) is 2.33. The molecule has 20 heavy (non-hydrogen) atoms. The molecule has 1 heterocycles. The fraction of sp³-hybridized carbons (Fsp3) is 0.0833. The van der Waals surface area contributed by atoms with E-state index in [9.17, 15) is 22.8 Å². The molecular weight excluding hydrogens is 286 g/mol. The van der Waals surface area contributed by atoms with Gasteiger partial charge in [0.05, 0.1) is 11.1 Å². The summed E-state index contributed by atoms with van der Waals surface area (Å²) in [6.07, 6.45) is 0. The van der Waals surface area contributed by atoms with E-state index in [2.05, 4.69) is 6.58 Å². The zero-order valence-corrected chi connectivity index (χ0v) is 11.2. The molecule has 0 aliphatic carbocycles. The summed E-state index contributed by atoms with van der Waals surface area (Å²) in [6.45, 7) is 4.17. The maximum Gasteiger partial charge on any atom is 0.338 e. The number of amides is 1. The second-order valence-corrected chi connectivity index (χ2v) is 5.42. The van der Waals surface area contributed by atoms with Crippen molar-refractivity contribution in [2.75, 3.05) is 0 Å². The highest BCUT2D eigenvalue weighted by molar-refractivity contribution is 7.90. The van der Waals surface area contributed by atoms with Crippen molar-refractivity contribution in [3.63, 3.8) is 0 Å². The molecule has 1 aliphatic heterocycles. The Hall–Kier alpha value is -2.48. The summed E-state index contributed by atoms with van der Waals surface area (Å²) < 4.78 is 24.2. The number of Topliss-reactive ketones (excluding diaryl/α,β-unsaturated/α-hetero) is 1. The van der Waals surface area contributed by atoms with E-state index in [4.69, 9.17) is 5.11 Å². The fourth-order valence-electron chi connectivity index (χ4n) is 1.27. The van der Waals surface area contributed by atoms with Crippen LogP contribution < -0.4 is 4.72 Å². The Morgan fingerprint density at radius 2 is 1.80 bits per heavy atom. The quantitative estimate of drug-likeness (QED) is 0.461. The molecular formula is C12H11NO6S. The normalized spacial score (nSPS) is 14.3. The monoisotopic (exact) mass is 297 g/mol. The summed E-state index contributed by atoms with van der Waals surface area (Å²) in [5.74, 6) is -2.30. The van der Waals surface area contributed by atoms with Crippen molar-refractivity contribution < 1.29 is 27.9 Å². The Morgan fingerprint density at radius 3 is 2.20 bits per heavy atom. The molecule has 7 nitrogen and oxygen atoms in total. The van der Waals surface area contributed by atoms with Gasteiger partial charge in [-0.3, -0.25) is 9.59 Å². The van der Waals surface area contributed by atoms with Gasteiger partial charge in [-0.15, -0.1) is 0 Å². The molecule has 1 aromatic rings. The number of fused-ring (bicyclic) bond motifs is 1. The number of aliphatic carboxylic acids is 1. The number of rotatable bonds is 2. The van der Waals surface area contributed by atoms with Gasteiger partial charge in [0.1, 0.15) is 4.90 Å². The first-order valence-corrected chi connectivity index (χ1v) is 6.74. The van der Waals surface area contributed by atoms with Crippen molar-refractivity contribution in [2.45, 2.75) is 11.8 Å². The second kappa shape index (κ2) is 5.66. The number of benzene rings is 1. The van der Waals surface area contributed by atoms with Crippen molar-refractivity contribution in [1.82, 2.24) is 4.72 Å². The van der Waals surface area contributed by atoms with Gasteiger partial charge in [0.25, 0.3) is 15.9 Å². The summed E-state index contributed by atoms with van der Waals surface area (Å²) >= 11 is 0. The maximum atomic E-state index is 11.1. The zero-order valence-electron chi connectivity index (χ0n) is 10.4. The summed E-state index contributed by atoms with van der Waals surface area (Å²) in [4.78, 5) is 31.0. The number of sulfonamides is 1. The molecule has 0 radical (unpaired) electrons. The molecule has 1 aromatic carbocycles. The standard InChI is InChI=1S/C7H5NO3S.C5H6O3/c9-7-5-3-1-2-4-6(5)12(10,11)8-7;1-3(4(2)6)5(7)8/h1-4H,(H,8,9);1H2,2H3,(H,7,8). The second-order valence-electron chi connectivity index (χ2n) is 3.77. The molecule has 0 saturated carbocycles. The molecule has 1 amide bonds. The number of carboxylic acid groups (broad SMARTS) is 1. The highest BCUT2D eigenvalue weighted by Gasteiger charge is 2.31. The van der Waals surface area contributed by atoms with Crippen LogP contribution in [0.25, 0.3) is 0 Å². The SMILES string of the molecule is C=C(C(C)=O)C(=O)O.O=C1NS(=O)(=O)c2ccccc21. The summed E-state index contributed by atoms with van der Waals surface area (Å²) in [6, 6.07) is 6.09. The number of ketones is 1. The molecule has 106 valence electrons. The molecule has 0 fully saturated rings. The lowest BCUT2D eigenvalue weighted by atomic mass is 10.2. The minimum absolute atomic E-state index is 0.0648. The van der Waals surface area contributed by atoms with Gasteiger partial charge in [0.15, 0.2) is 5.78 Å². The van der Waals surface area contributed by atoms with Crippen molar-refractivity contribution in [1.29, 1.82) is 0 Å². The Labute approximate surface area is 115 Å². The number of hydrogen-bond donors (Lipinski definition) is 2. The number of nitrogens with one attached hydrogen (secondary N) is 1. The van der Waals surface area contributed by atoms with Gasteiger partial charge >= 0.3 is 5.97 Å². The van der Waals surface area contributed by atoms with Crippen molar-refractivity contribution in [2.24, 2.45) is 0 Å². The highest BCUT2D eigenvalue weighted by Crippen LogP contribution is 2.20. The molecule has 0 atom stereocenters. The molecule has 0 saturated heterocycles. The maximum absolute atomic E-state index is 11.1. The van der Waals surface area contributed by atoms with Gasteiger partial charge in [-0.25, -0.2) is 17.9 Å². The topological polar surface area (TPSA) is 118 Å². The molecule has 1 aliphatic rings. The third kappa shape index (κ3) is 3.29. The van der Waals surface area contributed by atoms with E-state index in [1.165, 1.54) is 12.1 Å². The van der Waals surface area contributed by atoms with Crippen LogP contribution in [-0.4, -0.2) is 31.2 Å². The summed E-state index contributed by atoms with van der Waals surface area (Å²) in [5, 5.41) is 8.03. The minimum atomic E-state index is -3.55. The summed E-state index contributed by atoms with van der Waals surface area (Å²) in [7, 11) is -3.55. The first-order chi connectivity index (χ1) is 9.16. The molecule has 8 heteroatoms. The van der Waals surface area contributed by atoms with E-state index in [-0.39, 0.29) is 16.0 Å².